The molecule has 3 nitrogen and oxygen atoms in total. The van der Waals surface area contributed by atoms with Crippen LogP contribution in [0.5, 0.6) is 0 Å². The molecule has 2 heterocycles. The number of aromatic nitrogens is 1. The molecular formula is C16H23N3. The summed E-state index contributed by atoms with van der Waals surface area (Å²) in [5.74, 6) is 0. The first-order valence-electron chi connectivity index (χ1n) is 7.09. The predicted octanol–water partition coefficient (Wildman–Crippen LogP) is 2.24. The van der Waals surface area contributed by atoms with Gasteiger partial charge in [0.15, 0.2) is 0 Å². The summed E-state index contributed by atoms with van der Waals surface area (Å²) in [6.45, 7) is 6.51. The molecule has 0 amide bonds. The van der Waals surface area contributed by atoms with Crippen molar-refractivity contribution in [2.24, 2.45) is 7.05 Å². The minimum Gasteiger partial charge on any atom is -0.348 e. The quantitative estimate of drug-likeness (QED) is 0.883. The molecule has 1 aliphatic rings. The normalized spacial score (nSPS) is 16.0. The van der Waals surface area contributed by atoms with Gasteiger partial charge in [-0.25, -0.2) is 0 Å². The summed E-state index contributed by atoms with van der Waals surface area (Å²) in [4.78, 5) is 0. The topological polar surface area (TPSA) is 29.0 Å². The van der Waals surface area contributed by atoms with Crippen LogP contribution in [0.1, 0.15) is 29.3 Å². The second-order valence-corrected chi connectivity index (χ2v) is 5.76. The van der Waals surface area contributed by atoms with Crippen molar-refractivity contribution >= 4 is 10.9 Å². The molecule has 19 heavy (non-hydrogen) atoms. The number of benzene rings is 1. The fourth-order valence-electron chi connectivity index (χ4n) is 3.10. The van der Waals surface area contributed by atoms with Gasteiger partial charge in [-0.2, -0.15) is 0 Å². The van der Waals surface area contributed by atoms with Crippen molar-refractivity contribution in [1.82, 2.24) is 15.2 Å². The molecule has 0 bridgehead atoms. The molecule has 0 spiro atoms. The third-order valence-electron chi connectivity index (χ3n) is 4.58. The lowest BCUT2D eigenvalue weighted by Gasteiger charge is -2.10. The van der Waals surface area contributed by atoms with Gasteiger partial charge in [0.1, 0.15) is 0 Å². The standard InChI is InChI=1S/C16H23N3/c1-10(17-3)5-14-11(2)19(4)16-7-13-9-18-8-12(13)6-15(14)16/h6-7,10,17-18H,5,8-9H2,1-4H3. The molecule has 3 heteroatoms. The molecule has 0 fully saturated rings. The van der Waals surface area contributed by atoms with E-state index >= 15 is 0 Å². The van der Waals surface area contributed by atoms with Crippen molar-refractivity contribution in [3.8, 4) is 0 Å². The van der Waals surface area contributed by atoms with Crippen LogP contribution in [0, 0.1) is 6.92 Å². The fraction of sp³-hybridized carbons (Fsp3) is 0.500. The Kier molecular flexibility index (Phi) is 3.11. The van der Waals surface area contributed by atoms with E-state index in [1.807, 2.05) is 7.05 Å². The van der Waals surface area contributed by atoms with Gasteiger partial charge in [-0.3, -0.25) is 0 Å². The van der Waals surface area contributed by atoms with Gasteiger partial charge in [-0.1, -0.05) is 0 Å². The largest absolute Gasteiger partial charge is 0.348 e. The molecule has 1 aromatic heterocycles. The smallest absolute Gasteiger partial charge is 0.0486 e. The first-order valence-corrected chi connectivity index (χ1v) is 7.09. The zero-order chi connectivity index (χ0) is 13.6. The van der Waals surface area contributed by atoms with Crippen molar-refractivity contribution in [2.75, 3.05) is 7.05 Å². The number of nitrogens with zero attached hydrogens (tertiary/aromatic N) is 1. The lowest BCUT2D eigenvalue weighted by molar-refractivity contribution is 0.607. The number of hydrogen-bond donors (Lipinski definition) is 2. The highest BCUT2D eigenvalue weighted by Crippen LogP contribution is 2.30. The van der Waals surface area contributed by atoms with Crippen LogP contribution < -0.4 is 10.6 Å². The van der Waals surface area contributed by atoms with Gasteiger partial charge in [0.2, 0.25) is 0 Å². The van der Waals surface area contributed by atoms with Crippen molar-refractivity contribution in [3.63, 3.8) is 0 Å². The first kappa shape index (κ1) is 12.7. The van der Waals surface area contributed by atoms with Gasteiger partial charge < -0.3 is 15.2 Å². The lowest BCUT2D eigenvalue weighted by atomic mass is 10.0. The van der Waals surface area contributed by atoms with Gasteiger partial charge in [0, 0.05) is 42.8 Å². The average Bonchev–Trinajstić information content (AvgIpc) is 2.95. The number of fused-ring (bicyclic) bond motifs is 2. The molecule has 0 saturated carbocycles. The molecule has 3 rings (SSSR count). The SMILES string of the molecule is CNC(C)Cc1c(C)n(C)c2cc3c(cc12)CNC3. The molecule has 2 aromatic rings. The van der Waals surface area contributed by atoms with E-state index in [1.54, 1.807) is 0 Å². The van der Waals surface area contributed by atoms with Gasteiger partial charge in [0.25, 0.3) is 0 Å². The Balaban J connectivity index is 2.18. The van der Waals surface area contributed by atoms with Crippen molar-refractivity contribution in [3.05, 3.63) is 34.5 Å². The zero-order valence-corrected chi connectivity index (χ0v) is 12.3. The fourth-order valence-corrected chi connectivity index (χ4v) is 3.10. The van der Waals surface area contributed by atoms with E-state index < -0.39 is 0 Å². The Labute approximate surface area is 115 Å². The van der Waals surface area contributed by atoms with Crippen molar-refractivity contribution < 1.29 is 0 Å². The molecule has 0 radical (unpaired) electrons. The molecule has 1 aromatic carbocycles. The van der Waals surface area contributed by atoms with Crippen LogP contribution in [0.15, 0.2) is 12.1 Å². The van der Waals surface area contributed by atoms with Gasteiger partial charge >= 0.3 is 0 Å². The number of rotatable bonds is 3. The highest BCUT2D eigenvalue weighted by atomic mass is 15.0. The summed E-state index contributed by atoms with van der Waals surface area (Å²) in [5.41, 5.74) is 7.19. The molecule has 2 N–H and O–H groups in total. The summed E-state index contributed by atoms with van der Waals surface area (Å²) < 4.78 is 2.34. The van der Waals surface area contributed by atoms with Gasteiger partial charge in [0.05, 0.1) is 0 Å². The molecule has 0 saturated heterocycles. The maximum absolute atomic E-state index is 3.44. The van der Waals surface area contributed by atoms with E-state index in [9.17, 15) is 0 Å². The van der Waals surface area contributed by atoms with E-state index in [0.717, 1.165) is 19.5 Å². The summed E-state index contributed by atoms with van der Waals surface area (Å²) in [6, 6.07) is 5.27. The van der Waals surface area contributed by atoms with Crippen LogP contribution in [0.2, 0.25) is 0 Å². The van der Waals surface area contributed by atoms with Gasteiger partial charge in [-0.05, 0) is 56.1 Å². The van der Waals surface area contributed by atoms with E-state index in [1.165, 1.54) is 33.3 Å². The highest BCUT2D eigenvalue weighted by Gasteiger charge is 2.18. The second-order valence-electron chi connectivity index (χ2n) is 5.76. The minimum atomic E-state index is 0.510. The van der Waals surface area contributed by atoms with E-state index in [2.05, 4.69) is 48.2 Å². The molecule has 0 aliphatic carbocycles. The zero-order valence-electron chi connectivity index (χ0n) is 12.3. The Morgan fingerprint density at radius 2 is 2.00 bits per heavy atom. The predicted molar refractivity (Wildman–Crippen MR) is 80.4 cm³/mol. The Morgan fingerprint density at radius 1 is 1.32 bits per heavy atom. The number of hydrogen-bond acceptors (Lipinski definition) is 2. The first-order chi connectivity index (χ1) is 9.11. The number of likely N-dealkylation sites (N-methyl/N-ethyl adjacent to an activating group) is 1. The number of aryl methyl sites for hydroxylation is 1. The Hall–Kier alpha value is -1.32. The molecule has 1 atom stereocenters. The maximum atomic E-state index is 3.44. The molecule has 1 unspecified atom stereocenters. The lowest BCUT2D eigenvalue weighted by Crippen LogP contribution is -2.23. The molecular weight excluding hydrogens is 234 g/mol. The summed E-state index contributed by atoms with van der Waals surface area (Å²) >= 11 is 0. The summed E-state index contributed by atoms with van der Waals surface area (Å²) in [7, 11) is 4.22. The monoisotopic (exact) mass is 257 g/mol. The van der Waals surface area contributed by atoms with Crippen LogP contribution in [0.4, 0.5) is 0 Å². The van der Waals surface area contributed by atoms with Crippen LogP contribution in [-0.4, -0.2) is 17.7 Å². The Morgan fingerprint density at radius 3 is 2.68 bits per heavy atom. The van der Waals surface area contributed by atoms with Gasteiger partial charge in [-0.15, -0.1) is 0 Å². The second kappa shape index (κ2) is 4.66. The Bertz CT molecular complexity index is 625. The van der Waals surface area contributed by atoms with E-state index in [0.29, 0.717) is 6.04 Å². The van der Waals surface area contributed by atoms with Crippen LogP contribution in [0.3, 0.4) is 0 Å². The highest BCUT2D eigenvalue weighted by molar-refractivity contribution is 5.87. The van der Waals surface area contributed by atoms with Crippen molar-refractivity contribution in [2.45, 2.75) is 39.4 Å². The van der Waals surface area contributed by atoms with E-state index in [-0.39, 0.29) is 0 Å². The minimum absolute atomic E-state index is 0.510. The van der Waals surface area contributed by atoms with Crippen LogP contribution in [-0.2, 0) is 26.6 Å². The average molecular weight is 257 g/mol. The molecule has 1 aliphatic heterocycles. The summed E-state index contributed by atoms with van der Waals surface area (Å²) in [5, 5.41) is 8.22. The van der Waals surface area contributed by atoms with E-state index in [4.69, 9.17) is 0 Å². The van der Waals surface area contributed by atoms with Crippen LogP contribution in [0.25, 0.3) is 10.9 Å². The summed E-state index contributed by atoms with van der Waals surface area (Å²) in [6.07, 6.45) is 1.09. The van der Waals surface area contributed by atoms with Crippen molar-refractivity contribution in [1.29, 1.82) is 0 Å². The van der Waals surface area contributed by atoms with Crippen LogP contribution >= 0.6 is 0 Å². The third-order valence-corrected chi connectivity index (χ3v) is 4.58. The third kappa shape index (κ3) is 1.97. The molecule has 102 valence electrons. The number of nitrogens with one attached hydrogen (secondary N) is 2. The maximum Gasteiger partial charge on any atom is 0.0486 e.